The van der Waals surface area contributed by atoms with Crippen LogP contribution in [0.5, 0.6) is 5.75 Å². The van der Waals surface area contributed by atoms with Gasteiger partial charge in [-0.25, -0.2) is 4.79 Å². The van der Waals surface area contributed by atoms with E-state index in [0.717, 1.165) is 29.8 Å². The number of nitrogens with one attached hydrogen (secondary N) is 3. The summed E-state index contributed by atoms with van der Waals surface area (Å²) in [5.41, 5.74) is 1.65. The quantitative estimate of drug-likeness (QED) is 0.293. The number of alkyl carbamates (subject to hydrolysis) is 1. The number of fused-ring (bicyclic) bond motifs is 1. The number of halogens is 1. The number of benzene rings is 2. The van der Waals surface area contributed by atoms with E-state index in [1.807, 2.05) is 45.9 Å². The molecule has 0 spiro atoms. The number of hydrogen-bond donors (Lipinski definition) is 3. The molecular weight excluding hydrogens is 486 g/mol. The predicted octanol–water partition coefficient (Wildman–Crippen LogP) is 6.03. The molecule has 2 amide bonds. The van der Waals surface area contributed by atoms with Crippen LogP contribution in [0, 0.1) is 0 Å². The number of thiocarbonyl (C=S) groups is 1. The lowest BCUT2D eigenvalue weighted by atomic mass is 9.99. The van der Waals surface area contributed by atoms with E-state index in [9.17, 15) is 9.59 Å². The van der Waals surface area contributed by atoms with Crippen molar-refractivity contribution in [2.45, 2.75) is 64.7 Å². The van der Waals surface area contributed by atoms with E-state index in [2.05, 4.69) is 16.0 Å². The molecule has 2 aromatic carbocycles. The summed E-state index contributed by atoms with van der Waals surface area (Å²) in [6.07, 6.45) is 1.51. The average Bonchev–Trinajstić information content (AvgIpc) is 2.77. The minimum Gasteiger partial charge on any atom is -0.481 e. The van der Waals surface area contributed by atoms with Gasteiger partial charge in [0.05, 0.1) is 11.7 Å². The van der Waals surface area contributed by atoms with E-state index in [1.165, 1.54) is 0 Å². The first kappa shape index (κ1) is 26.8. The summed E-state index contributed by atoms with van der Waals surface area (Å²) in [6, 6.07) is 12.2. The topological polar surface area (TPSA) is 88.7 Å². The lowest BCUT2D eigenvalue weighted by Gasteiger charge is -2.28. The van der Waals surface area contributed by atoms with Gasteiger partial charge in [-0.1, -0.05) is 29.9 Å². The molecule has 188 valence electrons. The lowest BCUT2D eigenvalue weighted by Crippen LogP contribution is -2.35. The van der Waals surface area contributed by atoms with Crippen molar-refractivity contribution in [2.24, 2.45) is 0 Å². The fourth-order valence-corrected chi connectivity index (χ4v) is 3.88. The van der Waals surface area contributed by atoms with Crippen molar-refractivity contribution in [3.05, 3.63) is 58.6 Å². The highest BCUT2D eigenvalue weighted by Crippen LogP contribution is 2.33. The van der Waals surface area contributed by atoms with Crippen molar-refractivity contribution >= 4 is 46.5 Å². The van der Waals surface area contributed by atoms with Gasteiger partial charge in [-0.3, -0.25) is 4.79 Å². The van der Waals surface area contributed by atoms with E-state index in [1.54, 1.807) is 24.3 Å². The van der Waals surface area contributed by atoms with E-state index in [0.29, 0.717) is 28.5 Å². The Hall–Kier alpha value is -2.84. The fourth-order valence-electron chi connectivity index (χ4n) is 3.59. The molecule has 2 atom stereocenters. The van der Waals surface area contributed by atoms with Gasteiger partial charge in [0.15, 0.2) is 0 Å². The van der Waals surface area contributed by atoms with Gasteiger partial charge < -0.3 is 25.4 Å². The van der Waals surface area contributed by atoms with E-state index in [-0.39, 0.29) is 18.1 Å². The van der Waals surface area contributed by atoms with Crippen LogP contribution in [0.15, 0.2) is 42.5 Å². The number of unbranched alkanes of at least 4 members (excludes halogenated alkanes) is 1. The number of carbonyl (C=O) groups is 2. The second kappa shape index (κ2) is 11.7. The Bertz CT molecular complexity index is 1070. The van der Waals surface area contributed by atoms with Crippen molar-refractivity contribution in [1.82, 2.24) is 10.6 Å². The molecule has 0 saturated carbocycles. The highest BCUT2D eigenvalue weighted by atomic mass is 35.5. The highest BCUT2D eigenvalue weighted by Gasteiger charge is 2.24. The van der Waals surface area contributed by atoms with Gasteiger partial charge in [0.2, 0.25) is 0 Å². The van der Waals surface area contributed by atoms with Crippen LogP contribution in [0.25, 0.3) is 0 Å². The summed E-state index contributed by atoms with van der Waals surface area (Å²) >= 11 is 11.2. The molecule has 35 heavy (non-hydrogen) atoms. The smallest absolute Gasteiger partial charge is 0.408 e. The third kappa shape index (κ3) is 8.11. The maximum absolute atomic E-state index is 12.5. The molecule has 2 aromatic rings. The molecule has 2 unspecified atom stereocenters. The number of anilines is 1. The molecule has 9 heteroatoms. The van der Waals surface area contributed by atoms with Crippen molar-refractivity contribution < 1.29 is 19.1 Å². The van der Waals surface area contributed by atoms with E-state index >= 15 is 0 Å². The summed E-state index contributed by atoms with van der Waals surface area (Å²) in [7, 11) is 0. The Kier molecular flexibility index (Phi) is 8.97. The summed E-state index contributed by atoms with van der Waals surface area (Å²) < 4.78 is 11.3. The predicted molar refractivity (Wildman–Crippen MR) is 142 cm³/mol. The van der Waals surface area contributed by atoms with Crippen molar-refractivity contribution in [1.29, 1.82) is 0 Å². The molecule has 1 heterocycles. The molecule has 0 aromatic heterocycles. The van der Waals surface area contributed by atoms with Crippen LogP contribution < -0.4 is 20.7 Å². The van der Waals surface area contributed by atoms with Gasteiger partial charge >= 0.3 is 6.09 Å². The van der Waals surface area contributed by atoms with Crippen LogP contribution in [0.4, 0.5) is 10.5 Å². The lowest BCUT2D eigenvalue weighted by molar-refractivity contribution is 0.0500. The monoisotopic (exact) mass is 517 g/mol. The number of amides is 2. The van der Waals surface area contributed by atoms with Gasteiger partial charge in [0, 0.05) is 17.1 Å². The molecule has 1 aliphatic heterocycles. The maximum Gasteiger partial charge on any atom is 0.408 e. The van der Waals surface area contributed by atoms with Crippen molar-refractivity contribution in [3.63, 3.8) is 0 Å². The number of rotatable bonds is 8. The molecule has 0 bridgehead atoms. The van der Waals surface area contributed by atoms with Crippen LogP contribution >= 0.6 is 23.8 Å². The standard InChI is InChI=1S/C26H32ClN3O4S/c1-16-24(35)29-21-15-18(10-13-22(21)33-16)20(30-25(32)34-26(2,3)4)7-5-6-14-28-23(31)17-8-11-19(27)12-9-17/h8-13,15-16,20H,5-7,14H2,1-4H3,(H,28,31)(H,29,35)(H,30,32). The van der Waals surface area contributed by atoms with Crippen LogP contribution in [-0.4, -0.2) is 35.2 Å². The molecule has 0 saturated heterocycles. The Labute approximate surface area is 216 Å². The average molecular weight is 518 g/mol. The first-order chi connectivity index (χ1) is 16.5. The Balaban J connectivity index is 1.61. The SMILES string of the molecule is CC1Oc2ccc(C(CCCCNC(=O)c3ccc(Cl)cc3)NC(=O)OC(C)(C)C)cc2NC1=S. The summed E-state index contributed by atoms with van der Waals surface area (Å²) in [6.45, 7) is 7.89. The zero-order chi connectivity index (χ0) is 25.6. The van der Waals surface area contributed by atoms with Gasteiger partial charge in [0.1, 0.15) is 22.4 Å². The minimum atomic E-state index is -0.603. The van der Waals surface area contributed by atoms with Crippen molar-refractivity contribution in [3.8, 4) is 5.75 Å². The van der Waals surface area contributed by atoms with Crippen LogP contribution in [-0.2, 0) is 4.74 Å². The molecule has 0 fully saturated rings. The second-order valence-corrected chi connectivity index (χ2v) is 10.3. The zero-order valence-corrected chi connectivity index (χ0v) is 22.0. The maximum atomic E-state index is 12.5. The fraction of sp³-hybridized carbons (Fsp3) is 0.423. The third-order valence-electron chi connectivity index (χ3n) is 5.34. The molecule has 0 radical (unpaired) electrons. The Morgan fingerprint density at radius 2 is 1.89 bits per heavy atom. The first-order valence-electron chi connectivity index (χ1n) is 11.7. The van der Waals surface area contributed by atoms with Gasteiger partial charge in [0.25, 0.3) is 5.91 Å². The van der Waals surface area contributed by atoms with Crippen molar-refractivity contribution in [2.75, 3.05) is 11.9 Å². The van der Waals surface area contributed by atoms with E-state index < -0.39 is 11.7 Å². The molecule has 1 aliphatic rings. The molecule has 3 N–H and O–H groups in total. The molecule has 7 nitrogen and oxygen atoms in total. The van der Waals surface area contributed by atoms with Gasteiger partial charge in [-0.05, 0) is 88.9 Å². The highest BCUT2D eigenvalue weighted by molar-refractivity contribution is 7.80. The second-order valence-electron chi connectivity index (χ2n) is 9.46. The number of carbonyl (C=O) groups excluding carboxylic acids is 2. The number of ether oxygens (including phenoxy) is 2. The minimum absolute atomic E-state index is 0.143. The number of hydrogen-bond acceptors (Lipinski definition) is 5. The van der Waals surface area contributed by atoms with Gasteiger partial charge in [-0.15, -0.1) is 0 Å². The molecule has 3 rings (SSSR count). The Morgan fingerprint density at radius 1 is 1.17 bits per heavy atom. The van der Waals surface area contributed by atoms with Gasteiger partial charge in [-0.2, -0.15) is 0 Å². The Morgan fingerprint density at radius 3 is 2.57 bits per heavy atom. The van der Waals surface area contributed by atoms with Crippen LogP contribution in [0.3, 0.4) is 0 Å². The normalized spacial score (nSPS) is 15.8. The molecule has 0 aliphatic carbocycles. The first-order valence-corrected chi connectivity index (χ1v) is 12.5. The zero-order valence-electron chi connectivity index (χ0n) is 20.4. The van der Waals surface area contributed by atoms with Crippen LogP contribution in [0.2, 0.25) is 5.02 Å². The molecular formula is C26H32ClN3O4S. The largest absolute Gasteiger partial charge is 0.481 e. The summed E-state index contributed by atoms with van der Waals surface area (Å²) in [5.74, 6) is 0.576. The third-order valence-corrected chi connectivity index (χ3v) is 6.03. The summed E-state index contributed by atoms with van der Waals surface area (Å²) in [4.78, 5) is 25.4. The van der Waals surface area contributed by atoms with E-state index in [4.69, 9.17) is 33.3 Å². The van der Waals surface area contributed by atoms with Crippen LogP contribution in [0.1, 0.15) is 68.9 Å². The summed E-state index contributed by atoms with van der Waals surface area (Å²) in [5, 5.41) is 9.70.